The summed E-state index contributed by atoms with van der Waals surface area (Å²) in [4.78, 5) is 23.9. The van der Waals surface area contributed by atoms with E-state index in [0.717, 1.165) is 17.0 Å². The zero-order valence-corrected chi connectivity index (χ0v) is 9.74. The number of carbonyl (C=O) groups is 2. The van der Waals surface area contributed by atoms with E-state index >= 15 is 0 Å². The number of nitrogens with zero attached hydrogens (tertiary/aromatic N) is 1. The Morgan fingerprint density at radius 3 is 2.67 bits per heavy atom. The Kier molecular flexibility index (Phi) is 3.38. The summed E-state index contributed by atoms with van der Waals surface area (Å²) in [5.74, 6) is -1.92. The minimum Gasteiger partial charge on any atom is -0.301 e. The Morgan fingerprint density at radius 1 is 1.39 bits per heavy atom. The van der Waals surface area contributed by atoms with Crippen LogP contribution in [0.1, 0.15) is 12.0 Å². The number of hydrogen-bond acceptors (Lipinski definition) is 3. The molecule has 2 amide bonds. The van der Waals surface area contributed by atoms with Gasteiger partial charge in [-0.25, -0.2) is 8.78 Å². The van der Waals surface area contributed by atoms with Crippen LogP contribution in [0.15, 0.2) is 18.2 Å². The maximum atomic E-state index is 13.3. The van der Waals surface area contributed by atoms with Gasteiger partial charge < -0.3 is 5.32 Å². The van der Waals surface area contributed by atoms with Crippen molar-refractivity contribution in [1.29, 1.82) is 0 Å². The van der Waals surface area contributed by atoms with Crippen LogP contribution in [0.3, 0.4) is 0 Å². The molecule has 1 aromatic carbocycles. The van der Waals surface area contributed by atoms with Gasteiger partial charge >= 0.3 is 0 Å². The maximum Gasteiger partial charge on any atom is 0.246 e. The number of nitrogens with one attached hydrogen (secondary N) is 1. The number of imide groups is 1. The molecule has 0 radical (unpaired) electrons. The predicted molar refractivity (Wildman–Crippen MR) is 59.4 cm³/mol. The van der Waals surface area contributed by atoms with Gasteiger partial charge in [-0.05, 0) is 6.07 Å². The Balaban J connectivity index is 2.00. The quantitative estimate of drug-likeness (QED) is 0.812. The van der Waals surface area contributed by atoms with Crippen LogP contribution in [-0.4, -0.2) is 29.8 Å². The molecule has 1 unspecified atom stereocenters. The van der Waals surface area contributed by atoms with Gasteiger partial charge in [0.15, 0.2) is 0 Å². The van der Waals surface area contributed by atoms with Crippen molar-refractivity contribution in [2.45, 2.75) is 19.0 Å². The highest BCUT2D eigenvalue weighted by Gasteiger charge is 2.35. The lowest BCUT2D eigenvalue weighted by molar-refractivity contribution is -0.137. The molecular formula is C12H12F2N2O2. The average Bonchev–Trinajstić information content (AvgIpc) is 2.56. The SMILES string of the molecule is CN1C(=O)CC(NCc2ccc(F)cc2F)C1=O. The lowest BCUT2D eigenvalue weighted by Crippen LogP contribution is -2.36. The summed E-state index contributed by atoms with van der Waals surface area (Å²) in [5, 5.41) is 2.79. The topological polar surface area (TPSA) is 49.4 Å². The summed E-state index contributed by atoms with van der Waals surface area (Å²) in [6.45, 7) is 0.0731. The number of likely N-dealkylation sites (tertiary alicyclic amines) is 1. The average molecular weight is 254 g/mol. The van der Waals surface area contributed by atoms with E-state index < -0.39 is 17.7 Å². The van der Waals surface area contributed by atoms with Crippen LogP contribution in [0.5, 0.6) is 0 Å². The molecule has 0 saturated carbocycles. The first kappa shape index (κ1) is 12.6. The summed E-state index contributed by atoms with van der Waals surface area (Å²) in [6.07, 6.45) is 0.0676. The van der Waals surface area contributed by atoms with Crippen LogP contribution < -0.4 is 5.32 Å². The first-order valence-corrected chi connectivity index (χ1v) is 5.46. The van der Waals surface area contributed by atoms with E-state index in [1.165, 1.54) is 13.1 Å². The zero-order valence-electron chi connectivity index (χ0n) is 9.74. The molecule has 18 heavy (non-hydrogen) atoms. The summed E-state index contributed by atoms with van der Waals surface area (Å²) >= 11 is 0. The normalized spacial score (nSPS) is 19.7. The van der Waals surface area contributed by atoms with E-state index in [9.17, 15) is 18.4 Å². The second-order valence-electron chi connectivity index (χ2n) is 4.16. The van der Waals surface area contributed by atoms with Gasteiger partial charge in [0, 0.05) is 25.2 Å². The minimum absolute atomic E-state index is 0.0676. The van der Waals surface area contributed by atoms with Gasteiger partial charge in [-0.3, -0.25) is 14.5 Å². The van der Waals surface area contributed by atoms with Crippen molar-refractivity contribution in [2.24, 2.45) is 0 Å². The van der Waals surface area contributed by atoms with Crippen LogP contribution in [0.25, 0.3) is 0 Å². The third kappa shape index (κ3) is 2.38. The number of rotatable bonds is 3. The Hall–Kier alpha value is -1.82. The second-order valence-corrected chi connectivity index (χ2v) is 4.16. The van der Waals surface area contributed by atoms with Gasteiger partial charge in [-0.15, -0.1) is 0 Å². The molecule has 1 saturated heterocycles. The van der Waals surface area contributed by atoms with Crippen molar-refractivity contribution < 1.29 is 18.4 Å². The number of likely N-dealkylation sites (N-methyl/N-ethyl adjacent to an activating group) is 1. The highest BCUT2D eigenvalue weighted by molar-refractivity contribution is 6.05. The van der Waals surface area contributed by atoms with Crippen molar-refractivity contribution in [3.8, 4) is 0 Å². The number of hydrogen-bond donors (Lipinski definition) is 1. The Bertz CT molecular complexity index is 505. The number of carbonyl (C=O) groups excluding carboxylic acids is 2. The minimum atomic E-state index is -0.673. The predicted octanol–water partition coefficient (Wildman–Crippen LogP) is 0.812. The van der Waals surface area contributed by atoms with Gasteiger partial charge in [0.1, 0.15) is 11.6 Å². The molecule has 4 nitrogen and oxygen atoms in total. The van der Waals surface area contributed by atoms with Crippen molar-refractivity contribution in [3.05, 3.63) is 35.4 Å². The lowest BCUT2D eigenvalue weighted by atomic mass is 10.2. The molecule has 0 aliphatic carbocycles. The zero-order chi connectivity index (χ0) is 13.3. The molecule has 1 aliphatic rings. The molecule has 1 fully saturated rings. The van der Waals surface area contributed by atoms with Gasteiger partial charge in [0.25, 0.3) is 0 Å². The fourth-order valence-electron chi connectivity index (χ4n) is 1.81. The van der Waals surface area contributed by atoms with E-state index in [1.54, 1.807) is 0 Å². The smallest absolute Gasteiger partial charge is 0.246 e. The molecular weight excluding hydrogens is 242 g/mol. The van der Waals surface area contributed by atoms with E-state index in [2.05, 4.69) is 5.32 Å². The lowest BCUT2D eigenvalue weighted by Gasteiger charge is -2.11. The molecule has 1 atom stereocenters. The van der Waals surface area contributed by atoms with Crippen molar-refractivity contribution in [2.75, 3.05) is 7.05 Å². The molecule has 96 valence electrons. The van der Waals surface area contributed by atoms with Crippen LogP contribution >= 0.6 is 0 Å². The first-order chi connectivity index (χ1) is 8.49. The summed E-state index contributed by atoms with van der Waals surface area (Å²) in [7, 11) is 1.41. The van der Waals surface area contributed by atoms with Crippen molar-refractivity contribution in [3.63, 3.8) is 0 Å². The maximum absolute atomic E-state index is 13.3. The molecule has 0 bridgehead atoms. The first-order valence-electron chi connectivity index (χ1n) is 5.46. The largest absolute Gasteiger partial charge is 0.301 e. The third-order valence-corrected chi connectivity index (χ3v) is 2.94. The molecule has 1 aromatic rings. The highest BCUT2D eigenvalue weighted by Crippen LogP contribution is 2.13. The van der Waals surface area contributed by atoms with E-state index in [-0.39, 0.29) is 30.3 Å². The van der Waals surface area contributed by atoms with Gasteiger partial charge in [0.05, 0.1) is 12.5 Å². The third-order valence-electron chi connectivity index (χ3n) is 2.94. The standard InChI is InChI=1S/C12H12F2N2O2/c1-16-11(17)5-10(12(16)18)15-6-7-2-3-8(13)4-9(7)14/h2-4,10,15H,5-6H2,1H3. The second kappa shape index (κ2) is 4.81. The van der Waals surface area contributed by atoms with E-state index in [0.29, 0.717) is 0 Å². The monoisotopic (exact) mass is 254 g/mol. The Morgan fingerprint density at radius 2 is 2.11 bits per heavy atom. The van der Waals surface area contributed by atoms with Crippen LogP contribution in [0.4, 0.5) is 8.78 Å². The van der Waals surface area contributed by atoms with Gasteiger partial charge in [0.2, 0.25) is 11.8 Å². The molecule has 2 rings (SSSR count). The summed E-state index contributed by atoms with van der Waals surface area (Å²) in [5.41, 5.74) is 0.256. The van der Waals surface area contributed by atoms with Crippen LogP contribution in [0, 0.1) is 11.6 Å². The van der Waals surface area contributed by atoms with Crippen LogP contribution in [-0.2, 0) is 16.1 Å². The molecule has 1 heterocycles. The molecule has 1 N–H and O–H groups in total. The van der Waals surface area contributed by atoms with Crippen LogP contribution in [0.2, 0.25) is 0 Å². The van der Waals surface area contributed by atoms with Gasteiger partial charge in [-0.2, -0.15) is 0 Å². The number of amides is 2. The number of benzene rings is 1. The summed E-state index contributed by atoms with van der Waals surface area (Å²) < 4.78 is 26.0. The molecule has 0 aromatic heterocycles. The number of halogens is 2. The summed E-state index contributed by atoms with van der Waals surface area (Å²) in [6, 6.07) is 2.60. The molecule has 0 spiro atoms. The van der Waals surface area contributed by atoms with Crippen molar-refractivity contribution in [1.82, 2.24) is 10.2 Å². The van der Waals surface area contributed by atoms with Crippen molar-refractivity contribution >= 4 is 11.8 Å². The van der Waals surface area contributed by atoms with E-state index in [1.807, 2.05) is 0 Å². The molecule has 6 heteroatoms. The Labute approximate surface area is 103 Å². The van der Waals surface area contributed by atoms with E-state index in [4.69, 9.17) is 0 Å². The fourth-order valence-corrected chi connectivity index (χ4v) is 1.81. The molecule has 1 aliphatic heterocycles. The van der Waals surface area contributed by atoms with Gasteiger partial charge in [-0.1, -0.05) is 6.07 Å². The highest BCUT2D eigenvalue weighted by atomic mass is 19.1. The fraction of sp³-hybridized carbons (Fsp3) is 0.333.